The van der Waals surface area contributed by atoms with Crippen LogP contribution in [0.25, 0.3) is 0 Å². The molecular weight excluding hydrogens is 240 g/mol. The Morgan fingerprint density at radius 2 is 2.06 bits per heavy atom. The van der Waals surface area contributed by atoms with Gasteiger partial charge >= 0.3 is 5.97 Å². The number of nitrogens with two attached hydrogens (primary N) is 1. The van der Waals surface area contributed by atoms with Crippen LogP contribution in [0.5, 0.6) is 0 Å². The third-order valence-electron chi connectivity index (χ3n) is 2.83. The van der Waals surface area contributed by atoms with Crippen LogP contribution in [0.15, 0.2) is 18.2 Å². The number of halogens is 2. The van der Waals surface area contributed by atoms with Gasteiger partial charge in [0.1, 0.15) is 11.6 Å². The minimum absolute atomic E-state index is 0.0530. The van der Waals surface area contributed by atoms with Crippen LogP contribution < -0.4 is 5.73 Å². The Hall–Kier alpha value is -1.49. The fraction of sp³-hybridized carbons (Fsp3) is 0.462. The van der Waals surface area contributed by atoms with E-state index in [4.69, 9.17) is 5.73 Å². The molecule has 2 N–H and O–H groups in total. The van der Waals surface area contributed by atoms with Gasteiger partial charge in [-0.05, 0) is 25.5 Å². The van der Waals surface area contributed by atoms with E-state index in [2.05, 4.69) is 4.74 Å². The van der Waals surface area contributed by atoms with Gasteiger partial charge in [0.2, 0.25) is 0 Å². The normalized spacial score (nSPS) is 13.2. The van der Waals surface area contributed by atoms with Crippen molar-refractivity contribution in [2.45, 2.75) is 31.7 Å². The Morgan fingerprint density at radius 1 is 1.44 bits per heavy atom. The Bertz CT molecular complexity index is 441. The van der Waals surface area contributed by atoms with E-state index in [9.17, 15) is 13.6 Å². The third kappa shape index (κ3) is 3.50. The molecule has 0 aromatic heterocycles. The first kappa shape index (κ1) is 14.6. The van der Waals surface area contributed by atoms with Crippen LogP contribution in [0.1, 0.15) is 31.7 Å². The van der Waals surface area contributed by atoms with E-state index in [1.165, 1.54) is 13.2 Å². The number of ether oxygens (including phenoxy) is 1. The van der Waals surface area contributed by atoms with Crippen molar-refractivity contribution < 1.29 is 18.3 Å². The molecule has 100 valence electrons. The maximum Gasteiger partial charge on any atom is 0.306 e. The Balaban J connectivity index is 3.14. The lowest BCUT2D eigenvalue weighted by Crippen LogP contribution is -2.40. The summed E-state index contributed by atoms with van der Waals surface area (Å²) in [7, 11) is 1.25. The van der Waals surface area contributed by atoms with Crippen LogP contribution in [0.2, 0.25) is 0 Å². The molecule has 0 spiro atoms. The number of methoxy groups -OCH3 is 1. The van der Waals surface area contributed by atoms with E-state index in [1.807, 2.05) is 0 Å². The summed E-state index contributed by atoms with van der Waals surface area (Å²) < 4.78 is 31.2. The summed E-state index contributed by atoms with van der Waals surface area (Å²) in [5.41, 5.74) is 5.34. The zero-order chi connectivity index (χ0) is 13.9. The summed E-state index contributed by atoms with van der Waals surface area (Å²) in [6.45, 7) is 3.37. The highest BCUT2D eigenvalue weighted by Gasteiger charge is 2.31. The van der Waals surface area contributed by atoms with Crippen molar-refractivity contribution in [1.82, 2.24) is 0 Å². The second-order valence-corrected chi connectivity index (χ2v) is 4.82. The highest BCUT2D eigenvalue weighted by molar-refractivity contribution is 5.70. The van der Waals surface area contributed by atoms with Crippen LogP contribution >= 0.6 is 0 Å². The van der Waals surface area contributed by atoms with Gasteiger partial charge in [0.05, 0.1) is 13.5 Å². The maximum absolute atomic E-state index is 13.7. The van der Waals surface area contributed by atoms with Crippen LogP contribution in [0.3, 0.4) is 0 Å². The summed E-state index contributed by atoms with van der Waals surface area (Å²) in [5.74, 6) is -2.43. The predicted octanol–water partition coefficient (Wildman–Crippen LogP) is 2.35. The monoisotopic (exact) mass is 257 g/mol. The van der Waals surface area contributed by atoms with Crippen molar-refractivity contribution in [2.75, 3.05) is 7.11 Å². The Labute approximate surface area is 105 Å². The first-order valence-electron chi connectivity index (χ1n) is 5.56. The molecule has 1 aromatic rings. The van der Waals surface area contributed by atoms with Gasteiger partial charge in [0, 0.05) is 17.5 Å². The minimum atomic E-state index is -0.827. The summed E-state index contributed by atoms with van der Waals surface area (Å²) in [6.07, 6.45) is -0.0530. The molecule has 0 aliphatic carbocycles. The quantitative estimate of drug-likeness (QED) is 0.842. The van der Waals surface area contributed by atoms with Crippen LogP contribution in [-0.2, 0) is 9.53 Å². The van der Waals surface area contributed by atoms with Gasteiger partial charge in [-0.3, -0.25) is 4.79 Å². The lowest BCUT2D eigenvalue weighted by Gasteiger charge is -2.30. The van der Waals surface area contributed by atoms with Crippen molar-refractivity contribution in [2.24, 2.45) is 5.73 Å². The molecule has 0 aliphatic heterocycles. The Morgan fingerprint density at radius 3 is 2.50 bits per heavy atom. The average Bonchev–Trinajstić information content (AvgIpc) is 2.25. The smallest absolute Gasteiger partial charge is 0.306 e. The standard InChI is InChI=1S/C13H17F2NO2/c1-13(2,16)10(7-12(17)18-3)9-5-4-8(14)6-11(9)15/h4-6,10H,7,16H2,1-3H3. The van der Waals surface area contributed by atoms with E-state index >= 15 is 0 Å². The zero-order valence-corrected chi connectivity index (χ0v) is 10.7. The molecule has 0 heterocycles. The zero-order valence-electron chi connectivity index (χ0n) is 10.7. The van der Waals surface area contributed by atoms with E-state index in [1.54, 1.807) is 13.8 Å². The van der Waals surface area contributed by atoms with Gasteiger partial charge in [-0.15, -0.1) is 0 Å². The number of hydrogen-bond acceptors (Lipinski definition) is 3. The SMILES string of the molecule is COC(=O)CC(c1ccc(F)cc1F)C(C)(C)N. The largest absolute Gasteiger partial charge is 0.469 e. The molecule has 0 fully saturated rings. The van der Waals surface area contributed by atoms with Crippen molar-refractivity contribution >= 4 is 5.97 Å². The molecule has 0 aliphatic rings. The van der Waals surface area contributed by atoms with Crippen molar-refractivity contribution in [3.63, 3.8) is 0 Å². The van der Waals surface area contributed by atoms with Gasteiger partial charge in [0.25, 0.3) is 0 Å². The average molecular weight is 257 g/mol. The number of benzene rings is 1. The van der Waals surface area contributed by atoms with Crippen molar-refractivity contribution in [3.8, 4) is 0 Å². The summed E-state index contributed by atoms with van der Waals surface area (Å²) in [5, 5.41) is 0. The van der Waals surface area contributed by atoms with Gasteiger partial charge in [-0.25, -0.2) is 8.78 Å². The van der Waals surface area contributed by atoms with Crippen molar-refractivity contribution in [3.05, 3.63) is 35.4 Å². The maximum atomic E-state index is 13.7. The van der Waals surface area contributed by atoms with E-state index in [-0.39, 0.29) is 12.0 Å². The van der Waals surface area contributed by atoms with Gasteiger partial charge in [-0.1, -0.05) is 6.07 Å². The number of esters is 1. The Kier molecular flexibility index (Phi) is 4.40. The van der Waals surface area contributed by atoms with Gasteiger partial charge in [0.15, 0.2) is 0 Å². The second kappa shape index (κ2) is 5.44. The molecular formula is C13H17F2NO2. The molecule has 0 radical (unpaired) electrons. The molecule has 1 atom stereocenters. The first-order valence-corrected chi connectivity index (χ1v) is 5.56. The molecule has 5 heteroatoms. The van der Waals surface area contributed by atoms with Crippen LogP contribution in [0, 0.1) is 11.6 Å². The van der Waals surface area contributed by atoms with Gasteiger partial charge in [-0.2, -0.15) is 0 Å². The molecule has 0 saturated carbocycles. The fourth-order valence-corrected chi connectivity index (χ4v) is 1.81. The summed E-state index contributed by atoms with van der Waals surface area (Å²) in [4.78, 5) is 11.3. The number of hydrogen-bond donors (Lipinski definition) is 1. The van der Waals surface area contributed by atoms with Crippen molar-refractivity contribution in [1.29, 1.82) is 0 Å². The van der Waals surface area contributed by atoms with E-state index in [0.717, 1.165) is 12.1 Å². The summed E-state index contributed by atoms with van der Waals surface area (Å²) >= 11 is 0. The fourth-order valence-electron chi connectivity index (χ4n) is 1.81. The van der Waals surface area contributed by atoms with Crippen LogP contribution in [0.4, 0.5) is 8.78 Å². The molecule has 0 saturated heterocycles. The molecule has 0 bridgehead atoms. The minimum Gasteiger partial charge on any atom is -0.469 e. The number of carbonyl (C=O) groups is 1. The summed E-state index contributed by atoms with van der Waals surface area (Å²) in [6, 6.07) is 3.24. The second-order valence-electron chi connectivity index (χ2n) is 4.82. The van der Waals surface area contributed by atoms with E-state index in [0.29, 0.717) is 0 Å². The third-order valence-corrected chi connectivity index (χ3v) is 2.83. The molecule has 1 aromatic carbocycles. The van der Waals surface area contributed by atoms with Gasteiger partial charge < -0.3 is 10.5 Å². The molecule has 1 rings (SSSR count). The lowest BCUT2D eigenvalue weighted by molar-refractivity contribution is -0.141. The molecule has 18 heavy (non-hydrogen) atoms. The number of rotatable bonds is 4. The highest BCUT2D eigenvalue weighted by Crippen LogP contribution is 2.32. The highest BCUT2D eigenvalue weighted by atomic mass is 19.1. The number of carbonyl (C=O) groups excluding carboxylic acids is 1. The molecule has 1 unspecified atom stereocenters. The van der Waals surface area contributed by atoms with Crippen LogP contribution in [-0.4, -0.2) is 18.6 Å². The topological polar surface area (TPSA) is 52.3 Å². The predicted molar refractivity (Wildman–Crippen MR) is 64.0 cm³/mol. The first-order chi connectivity index (χ1) is 8.25. The van der Waals surface area contributed by atoms with E-state index < -0.39 is 29.1 Å². The molecule has 3 nitrogen and oxygen atoms in total. The lowest BCUT2D eigenvalue weighted by atomic mass is 9.80. The molecule has 0 amide bonds.